The largest absolute Gasteiger partial charge is 0.472 e. The molecule has 1 aliphatic rings. The molecule has 1 aromatic carbocycles. The second kappa shape index (κ2) is 3.58. The van der Waals surface area contributed by atoms with Gasteiger partial charge in [0.1, 0.15) is 5.60 Å². The monoisotopic (exact) mass is 267 g/mol. The van der Waals surface area contributed by atoms with Gasteiger partial charge in [-0.1, -0.05) is 6.07 Å². The number of benzene rings is 1. The highest BCUT2D eigenvalue weighted by molar-refractivity contribution is 7.95. The number of nitrogens with two attached hydrogens (primary N) is 1. The molecule has 0 saturated heterocycles. The van der Waals surface area contributed by atoms with Gasteiger partial charge in [-0.2, -0.15) is 0 Å². The Hall–Kier alpha value is -1.82. The fourth-order valence-corrected chi connectivity index (χ4v) is 3.36. The van der Waals surface area contributed by atoms with E-state index >= 15 is 0 Å². The molecule has 2 rings (SSSR count). The predicted molar refractivity (Wildman–Crippen MR) is 65.4 cm³/mol. The molecule has 2 N–H and O–H groups in total. The van der Waals surface area contributed by atoms with Crippen molar-refractivity contribution in [2.75, 3.05) is 0 Å². The maximum Gasteiger partial charge on any atom is 0.248 e. The highest BCUT2D eigenvalue weighted by Gasteiger charge is 2.40. The zero-order valence-electron chi connectivity index (χ0n) is 10.1. The highest BCUT2D eigenvalue weighted by atomic mass is 32.2. The number of primary amides is 1. The number of rotatable bonds is 1. The Morgan fingerprint density at radius 3 is 2.56 bits per heavy atom. The third-order valence-electron chi connectivity index (χ3n) is 2.87. The first-order valence-corrected chi connectivity index (χ1v) is 6.72. The third kappa shape index (κ3) is 1.69. The molecule has 6 heteroatoms. The van der Waals surface area contributed by atoms with Crippen molar-refractivity contribution in [3.8, 4) is 0 Å². The van der Waals surface area contributed by atoms with E-state index in [2.05, 4.69) is 6.58 Å². The van der Waals surface area contributed by atoms with Crippen LogP contribution in [-0.2, 0) is 20.2 Å². The number of carbonyl (C=O) groups is 1. The van der Waals surface area contributed by atoms with Gasteiger partial charge in [-0.3, -0.25) is 4.79 Å². The lowest BCUT2D eigenvalue weighted by Crippen LogP contribution is -2.31. The van der Waals surface area contributed by atoms with Crippen LogP contribution in [0, 0.1) is 0 Å². The molecule has 96 valence electrons. The van der Waals surface area contributed by atoms with Crippen LogP contribution < -0.4 is 5.73 Å². The molecule has 5 nitrogen and oxygen atoms in total. The highest BCUT2D eigenvalue weighted by Crippen LogP contribution is 2.40. The molecule has 0 spiro atoms. The summed E-state index contributed by atoms with van der Waals surface area (Å²) in [6.45, 7) is 6.87. The fraction of sp³-hybridized carbons (Fsp3) is 0.250. The van der Waals surface area contributed by atoms with E-state index < -0.39 is 21.3 Å². The lowest BCUT2D eigenvalue weighted by molar-refractivity contribution is 0.0389. The average molecular weight is 267 g/mol. The normalized spacial score (nSPS) is 19.8. The summed E-state index contributed by atoms with van der Waals surface area (Å²) < 4.78 is 29.5. The lowest BCUT2D eigenvalue weighted by atomic mass is 9.96. The molecule has 0 unspecified atom stereocenters. The van der Waals surface area contributed by atoms with E-state index in [1.807, 2.05) is 0 Å². The average Bonchev–Trinajstić information content (AvgIpc) is 2.26. The topological polar surface area (TPSA) is 86.5 Å². The Morgan fingerprint density at radius 2 is 2.00 bits per heavy atom. The van der Waals surface area contributed by atoms with Crippen molar-refractivity contribution in [1.29, 1.82) is 0 Å². The first-order chi connectivity index (χ1) is 8.16. The summed E-state index contributed by atoms with van der Waals surface area (Å²) in [5.41, 5.74) is 4.97. The second-order valence-electron chi connectivity index (χ2n) is 4.56. The maximum absolute atomic E-state index is 12.1. The zero-order chi connectivity index (χ0) is 13.7. The summed E-state index contributed by atoms with van der Waals surface area (Å²) in [6.07, 6.45) is 0. The van der Waals surface area contributed by atoms with Crippen molar-refractivity contribution >= 4 is 15.7 Å². The fourth-order valence-electron chi connectivity index (χ4n) is 1.91. The van der Waals surface area contributed by atoms with Crippen LogP contribution in [0.4, 0.5) is 0 Å². The Kier molecular flexibility index (Phi) is 2.52. The summed E-state index contributed by atoms with van der Waals surface area (Å²) in [5.74, 6) is -0.678. The number of hydrogen-bond donors (Lipinski definition) is 1. The Bertz CT molecular complexity index is 659. The van der Waals surface area contributed by atoms with E-state index in [1.165, 1.54) is 12.1 Å². The van der Waals surface area contributed by atoms with Crippen molar-refractivity contribution < 1.29 is 17.9 Å². The summed E-state index contributed by atoms with van der Waals surface area (Å²) in [4.78, 5) is 11.1. The molecule has 0 bridgehead atoms. The van der Waals surface area contributed by atoms with Crippen LogP contribution in [0.5, 0.6) is 0 Å². The Morgan fingerprint density at radius 1 is 1.39 bits per heavy atom. The Labute approximate surface area is 105 Å². The minimum Gasteiger partial charge on any atom is -0.472 e. The van der Waals surface area contributed by atoms with Crippen LogP contribution in [0.25, 0.3) is 0 Å². The van der Waals surface area contributed by atoms with Gasteiger partial charge in [0.2, 0.25) is 20.8 Å². The molecule has 0 saturated carbocycles. The molecule has 1 amide bonds. The minimum absolute atomic E-state index is 0.0278. The van der Waals surface area contributed by atoms with Crippen molar-refractivity contribution in [3.63, 3.8) is 0 Å². The van der Waals surface area contributed by atoms with Gasteiger partial charge in [0.25, 0.3) is 0 Å². The summed E-state index contributed by atoms with van der Waals surface area (Å²) in [7, 11) is -3.77. The summed E-state index contributed by atoms with van der Waals surface area (Å²) in [5, 5.41) is -0.318. The number of hydrogen-bond acceptors (Lipinski definition) is 4. The van der Waals surface area contributed by atoms with Gasteiger partial charge in [-0.05, 0) is 32.6 Å². The second-order valence-corrected chi connectivity index (χ2v) is 6.47. The standard InChI is InChI=1S/C12H13NO4S/c1-7-17-12(2,3)9-5-4-8(11(13)14)6-10(9)18(7,15)16/h4-6H,1H2,2-3H3,(H2,13,14). The molecule has 0 radical (unpaired) electrons. The maximum atomic E-state index is 12.1. The predicted octanol–water partition coefficient (Wildman–Crippen LogP) is 1.30. The third-order valence-corrected chi connectivity index (χ3v) is 4.47. The lowest BCUT2D eigenvalue weighted by Gasteiger charge is -2.34. The number of carbonyl (C=O) groups excluding carboxylic acids is 1. The van der Waals surface area contributed by atoms with Crippen LogP contribution in [0.3, 0.4) is 0 Å². The van der Waals surface area contributed by atoms with Gasteiger partial charge in [-0.15, -0.1) is 0 Å². The van der Waals surface area contributed by atoms with E-state index in [0.717, 1.165) is 0 Å². The van der Waals surface area contributed by atoms with Gasteiger partial charge in [0, 0.05) is 11.1 Å². The van der Waals surface area contributed by atoms with Crippen molar-refractivity contribution in [2.24, 2.45) is 5.73 Å². The number of ether oxygens (including phenoxy) is 1. The molecule has 1 aromatic rings. The van der Waals surface area contributed by atoms with Crippen LogP contribution >= 0.6 is 0 Å². The molecular formula is C12H13NO4S. The van der Waals surface area contributed by atoms with Gasteiger partial charge >= 0.3 is 0 Å². The van der Waals surface area contributed by atoms with E-state index in [0.29, 0.717) is 5.56 Å². The molecule has 0 aliphatic carbocycles. The first-order valence-electron chi connectivity index (χ1n) is 5.23. The van der Waals surface area contributed by atoms with E-state index in [4.69, 9.17) is 10.5 Å². The van der Waals surface area contributed by atoms with Crippen molar-refractivity contribution in [3.05, 3.63) is 41.0 Å². The number of sulfone groups is 1. The minimum atomic E-state index is -3.77. The van der Waals surface area contributed by atoms with Crippen LogP contribution in [0.15, 0.2) is 34.8 Å². The Balaban J connectivity index is 2.81. The van der Waals surface area contributed by atoms with Gasteiger partial charge in [0.05, 0.1) is 4.90 Å². The smallest absolute Gasteiger partial charge is 0.248 e. The molecule has 18 heavy (non-hydrogen) atoms. The molecule has 0 atom stereocenters. The summed E-state index contributed by atoms with van der Waals surface area (Å²) in [6, 6.07) is 4.29. The summed E-state index contributed by atoms with van der Waals surface area (Å²) >= 11 is 0. The van der Waals surface area contributed by atoms with E-state index in [9.17, 15) is 13.2 Å². The van der Waals surface area contributed by atoms with Crippen LogP contribution in [0.2, 0.25) is 0 Å². The number of fused-ring (bicyclic) bond motifs is 1. The van der Waals surface area contributed by atoms with Crippen LogP contribution in [-0.4, -0.2) is 14.3 Å². The molecule has 1 aliphatic heterocycles. The van der Waals surface area contributed by atoms with Gasteiger partial charge < -0.3 is 10.5 Å². The van der Waals surface area contributed by atoms with Crippen LogP contribution in [0.1, 0.15) is 29.8 Å². The quantitative estimate of drug-likeness (QED) is 0.830. The van der Waals surface area contributed by atoms with Crippen molar-refractivity contribution in [2.45, 2.75) is 24.3 Å². The zero-order valence-corrected chi connectivity index (χ0v) is 10.9. The number of amides is 1. The molecule has 1 heterocycles. The van der Waals surface area contributed by atoms with E-state index in [-0.39, 0.29) is 15.6 Å². The molecule has 0 fully saturated rings. The molecular weight excluding hydrogens is 254 g/mol. The van der Waals surface area contributed by atoms with Crippen molar-refractivity contribution in [1.82, 2.24) is 0 Å². The SMILES string of the molecule is C=C1OC(C)(C)c2ccc(C(N)=O)cc2S1(=O)=O. The van der Waals surface area contributed by atoms with Gasteiger partial charge in [0.15, 0.2) is 0 Å². The van der Waals surface area contributed by atoms with E-state index in [1.54, 1.807) is 19.9 Å². The first kappa shape index (κ1) is 12.6. The van der Waals surface area contributed by atoms with Gasteiger partial charge in [-0.25, -0.2) is 8.42 Å². The molecule has 0 aromatic heterocycles.